The molecule has 0 aromatic carbocycles. The summed E-state index contributed by atoms with van der Waals surface area (Å²) in [6.07, 6.45) is 4.16. The van der Waals surface area contributed by atoms with Crippen LogP contribution in [0.4, 0.5) is 0 Å². The third-order valence-corrected chi connectivity index (χ3v) is 2.65. The Morgan fingerprint density at radius 3 is 2.57 bits per heavy atom. The van der Waals surface area contributed by atoms with Gasteiger partial charge in [0.25, 0.3) is 0 Å². The molecular formula is C11H19ClO2. The summed E-state index contributed by atoms with van der Waals surface area (Å²) in [5.74, 6) is 0.0944. The Hall–Kier alpha value is -0.0500. The zero-order valence-electron chi connectivity index (χ0n) is 9.34. The van der Waals surface area contributed by atoms with Gasteiger partial charge in [-0.25, -0.2) is 0 Å². The van der Waals surface area contributed by atoms with E-state index in [1.54, 1.807) is 0 Å². The van der Waals surface area contributed by atoms with Crippen LogP contribution in [0.1, 0.15) is 27.7 Å². The summed E-state index contributed by atoms with van der Waals surface area (Å²) in [5.41, 5.74) is -0.0251. The first kappa shape index (κ1) is 12.0. The molecule has 1 saturated heterocycles. The maximum Gasteiger partial charge on any atom is 0.163 e. The fraction of sp³-hybridized carbons (Fsp3) is 0.818. The monoisotopic (exact) mass is 218 g/mol. The molecule has 3 heteroatoms. The zero-order valence-corrected chi connectivity index (χ0v) is 10.1. The lowest BCUT2D eigenvalue weighted by molar-refractivity contribution is -0.147. The molecule has 0 bridgehead atoms. The lowest BCUT2D eigenvalue weighted by atomic mass is 9.86. The normalized spacial score (nSPS) is 27.4. The van der Waals surface area contributed by atoms with Crippen LogP contribution >= 0.6 is 11.6 Å². The van der Waals surface area contributed by atoms with E-state index in [1.165, 1.54) is 0 Å². The van der Waals surface area contributed by atoms with Crippen LogP contribution in [0.3, 0.4) is 0 Å². The molecule has 1 aliphatic heterocycles. The van der Waals surface area contributed by atoms with Crippen molar-refractivity contribution in [1.29, 1.82) is 0 Å². The minimum Gasteiger partial charge on any atom is -0.348 e. The van der Waals surface area contributed by atoms with Gasteiger partial charge in [0, 0.05) is 11.3 Å². The molecule has 1 unspecified atom stereocenters. The van der Waals surface area contributed by atoms with Crippen molar-refractivity contribution in [1.82, 2.24) is 0 Å². The Morgan fingerprint density at radius 2 is 2.14 bits per heavy atom. The van der Waals surface area contributed by atoms with Gasteiger partial charge in [0.05, 0.1) is 12.7 Å². The van der Waals surface area contributed by atoms with E-state index >= 15 is 0 Å². The van der Waals surface area contributed by atoms with Crippen molar-refractivity contribution in [2.75, 3.05) is 12.5 Å². The van der Waals surface area contributed by atoms with Gasteiger partial charge in [0.1, 0.15) is 0 Å². The summed E-state index contributed by atoms with van der Waals surface area (Å²) in [4.78, 5) is 0. The van der Waals surface area contributed by atoms with Gasteiger partial charge < -0.3 is 9.47 Å². The van der Waals surface area contributed by atoms with Crippen molar-refractivity contribution >= 4 is 11.6 Å². The van der Waals surface area contributed by atoms with E-state index < -0.39 is 5.79 Å². The lowest BCUT2D eigenvalue weighted by Gasteiger charge is -2.28. The number of hydrogen-bond donors (Lipinski definition) is 0. The molecule has 1 aliphatic rings. The van der Waals surface area contributed by atoms with Crippen molar-refractivity contribution in [3.05, 3.63) is 12.2 Å². The first-order chi connectivity index (χ1) is 6.37. The van der Waals surface area contributed by atoms with Crippen LogP contribution in [0.5, 0.6) is 0 Å². The van der Waals surface area contributed by atoms with Crippen LogP contribution in [0.15, 0.2) is 12.2 Å². The summed E-state index contributed by atoms with van der Waals surface area (Å²) < 4.78 is 11.3. The Bertz CT molecular complexity index is 221. The molecule has 0 aromatic rings. The van der Waals surface area contributed by atoms with E-state index in [9.17, 15) is 0 Å². The van der Waals surface area contributed by atoms with Gasteiger partial charge in [-0.05, 0) is 13.8 Å². The van der Waals surface area contributed by atoms with Crippen LogP contribution in [0, 0.1) is 5.41 Å². The summed E-state index contributed by atoms with van der Waals surface area (Å²) >= 11 is 5.61. The van der Waals surface area contributed by atoms with E-state index in [1.807, 2.05) is 19.9 Å². The van der Waals surface area contributed by atoms with Crippen molar-refractivity contribution in [3.8, 4) is 0 Å². The second-order valence-electron chi connectivity index (χ2n) is 4.70. The molecule has 0 saturated carbocycles. The molecule has 0 N–H and O–H groups in total. The van der Waals surface area contributed by atoms with E-state index in [-0.39, 0.29) is 11.5 Å². The smallest absolute Gasteiger partial charge is 0.163 e. The summed E-state index contributed by atoms with van der Waals surface area (Å²) in [6.45, 7) is 8.78. The molecular weight excluding hydrogens is 200 g/mol. The van der Waals surface area contributed by atoms with Crippen LogP contribution in [-0.2, 0) is 9.47 Å². The fourth-order valence-electron chi connectivity index (χ4n) is 1.51. The van der Waals surface area contributed by atoms with Gasteiger partial charge in [0.2, 0.25) is 0 Å². The Balaban J connectivity index is 2.61. The molecule has 1 fully saturated rings. The first-order valence-corrected chi connectivity index (χ1v) is 5.46. The predicted molar refractivity (Wildman–Crippen MR) is 58.5 cm³/mol. The maximum atomic E-state index is 5.79. The lowest BCUT2D eigenvalue weighted by Crippen LogP contribution is -2.31. The van der Waals surface area contributed by atoms with E-state index in [0.29, 0.717) is 12.5 Å². The van der Waals surface area contributed by atoms with Crippen molar-refractivity contribution in [3.63, 3.8) is 0 Å². The summed E-state index contributed by atoms with van der Waals surface area (Å²) in [5, 5.41) is 0. The largest absolute Gasteiger partial charge is 0.348 e. The molecule has 0 radical (unpaired) electrons. The highest BCUT2D eigenvalue weighted by Crippen LogP contribution is 2.34. The summed E-state index contributed by atoms with van der Waals surface area (Å²) in [7, 11) is 0. The van der Waals surface area contributed by atoms with Crippen LogP contribution in [0.2, 0.25) is 0 Å². The molecule has 1 heterocycles. The number of alkyl halides is 1. The molecule has 0 aliphatic carbocycles. The third kappa shape index (κ3) is 2.97. The van der Waals surface area contributed by atoms with Gasteiger partial charge >= 0.3 is 0 Å². The Labute approximate surface area is 91.2 Å². The number of halogens is 1. The average Bonchev–Trinajstić information content (AvgIpc) is 2.43. The topological polar surface area (TPSA) is 18.5 Å². The zero-order chi connectivity index (χ0) is 10.8. The fourth-order valence-corrected chi connectivity index (χ4v) is 1.60. The van der Waals surface area contributed by atoms with Gasteiger partial charge in [-0.1, -0.05) is 26.0 Å². The molecule has 0 spiro atoms. The van der Waals surface area contributed by atoms with Gasteiger partial charge in [0.15, 0.2) is 5.79 Å². The van der Waals surface area contributed by atoms with Crippen LogP contribution in [0.25, 0.3) is 0 Å². The highest BCUT2D eigenvalue weighted by atomic mass is 35.5. The quantitative estimate of drug-likeness (QED) is 0.536. The van der Waals surface area contributed by atoms with Crippen LogP contribution in [-0.4, -0.2) is 24.4 Å². The minimum atomic E-state index is -0.448. The molecule has 1 rings (SSSR count). The standard InChI is InChI=1S/C11H19ClO2/c1-10(2,6-5-7-12)9-8-13-11(3,4)14-9/h5-6,9H,7-8H2,1-4H3/b6-5+. The van der Waals surface area contributed by atoms with Gasteiger partial charge in [-0.3, -0.25) is 0 Å². The molecule has 0 amide bonds. The SMILES string of the molecule is CC1(C)OCC(C(C)(C)/C=C/CCl)O1. The highest BCUT2D eigenvalue weighted by Gasteiger charge is 2.40. The number of hydrogen-bond acceptors (Lipinski definition) is 2. The van der Waals surface area contributed by atoms with Crippen molar-refractivity contribution in [2.24, 2.45) is 5.41 Å². The van der Waals surface area contributed by atoms with E-state index in [2.05, 4.69) is 19.9 Å². The third-order valence-electron chi connectivity index (χ3n) is 2.47. The van der Waals surface area contributed by atoms with Crippen molar-refractivity contribution < 1.29 is 9.47 Å². The van der Waals surface area contributed by atoms with Gasteiger partial charge in [-0.15, -0.1) is 11.6 Å². The van der Waals surface area contributed by atoms with E-state index in [4.69, 9.17) is 21.1 Å². The second kappa shape index (κ2) is 4.21. The minimum absolute atomic E-state index is 0.0251. The summed E-state index contributed by atoms with van der Waals surface area (Å²) in [6, 6.07) is 0. The molecule has 14 heavy (non-hydrogen) atoms. The average molecular weight is 219 g/mol. The Morgan fingerprint density at radius 1 is 1.50 bits per heavy atom. The molecule has 0 aromatic heterocycles. The maximum absolute atomic E-state index is 5.79. The van der Waals surface area contributed by atoms with Crippen LogP contribution < -0.4 is 0 Å². The number of rotatable bonds is 3. The molecule has 82 valence electrons. The Kier molecular flexibility index (Phi) is 3.62. The predicted octanol–water partition coefficient (Wildman–Crippen LogP) is 2.96. The highest BCUT2D eigenvalue weighted by molar-refractivity contribution is 6.18. The number of ether oxygens (including phenoxy) is 2. The number of allylic oxidation sites excluding steroid dienone is 1. The van der Waals surface area contributed by atoms with Gasteiger partial charge in [-0.2, -0.15) is 0 Å². The van der Waals surface area contributed by atoms with Crippen molar-refractivity contribution in [2.45, 2.75) is 39.6 Å². The molecule has 1 atom stereocenters. The van der Waals surface area contributed by atoms with E-state index in [0.717, 1.165) is 0 Å². The second-order valence-corrected chi connectivity index (χ2v) is 5.00. The molecule has 2 nitrogen and oxygen atoms in total. The first-order valence-electron chi connectivity index (χ1n) is 4.93.